The molecule has 0 fully saturated rings. The van der Waals surface area contributed by atoms with E-state index in [1.54, 1.807) is 19.1 Å². The molecule has 0 saturated heterocycles. The van der Waals surface area contributed by atoms with Crippen LogP contribution in [0.3, 0.4) is 0 Å². The third kappa shape index (κ3) is 6.73. The van der Waals surface area contributed by atoms with Crippen molar-refractivity contribution in [2.75, 3.05) is 11.9 Å². The molecule has 1 aromatic heterocycles. The minimum Gasteiger partial charge on any atom is -0.494 e. The van der Waals surface area contributed by atoms with Gasteiger partial charge in [-0.1, -0.05) is 18.2 Å². The normalized spacial score (nSPS) is 10.4. The smallest absolute Gasteiger partial charge is 0.220 e. The van der Waals surface area contributed by atoms with Gasteiger partial charge in [0.2, 0.25) is 5.91 Å². The number of carbonyl (C=O) groups excluding carboxylic acids is 2. The molecule has 0 bridgehead atoms. The highest BCUT2D eigenvalue weighted by Gasteiger charge is 2.06. The maximum atomic E-state index is 12.0. The Labute approximate surface area is 173 Å². The molecule has 0 aliphatic heterocycles. The summed E-state index contributed by atoms with van der Waals surface area (Å²) in [4.78, 5) is 27.8. The number of ether oxygens (including phenoxy) is 1. The third-order valence-electron chi connectivity index (χ3n) is 4.12. The van der Waals surface area contributed by atoms with Gasteiger partial charge < -0.3 is 15.4 Å². The number of ketones is 1. The van der Waals surface area contributed by atoms with Crippen LogP contribution in [0.5, 0.6) is 5.75 Å². The van der Waals surface area contributed by atoms with Gasteiger partial charge in [0.1, 0.15) is 5.75 Å². The molecule has 6 nitrogen and oxygen atoms in total. The predicted octanol–water partition coefficient (Wildman–Crippen LogP) is 4.56. The number of aromatic nitrogens is 1. The molecule has 0 aliphatic rings. The quantitative estimate of drug-likeness (QED) is 0.379. The maximum Gasteiger partial charge on any atom is 0.220 e. The van der Waals surface area contributed by atoms with E-state index in [9.17, 15) is 9.59 Å². The van der Waals surface area contributed by atoms with Crippen LogP contribution >= 0.6 is 11.3 Å². The van der Waals surface area contributed by atoms with Crippen LogP contribution in [0.1, 0.15) is 35.8 Å². The number of nitrogens with zero attached hydrogens (tertiary/aromatic N) is 1. The largest absolute Gasteiger partial charge is 0.494 e. The van der Waals surface area contributed by atoms with Gasteiger partial charge in [0, 0.05) is 23.1 Å². The Morgan fingerprint density at radius 1 is 1.07 bits per heavy atom. The average molecular weight is 410 g/mol. The molecule has 150 valence electrons. The van der Waals surface area contributed by atoms with Gasteiger partial charge in [0.05, 0.1) is 18.8 Å². The molecule has 0 unspecified atom stereocenters. The first-order valence-electron chi connectivity index (χ1n) is 9.37. The van der Waals surface area contributed by atoms with Crippen molar-refractivity contribution >= 4 is 33.8 Å². The predicted molar refractivity (Wildman–Crippen MR) is 115 cm³/mol. The van der Waals surface area contributed by atoms with Crippen LogP contribution in [0.2, 0.25) is 0 Å². The van der Waals surface area contributed by atoms with Crippen molar-refractivity contribution in [2.45, 2.75) is 26.3 Å². The number of anilines is 2. The van der Waals surface area contributed by atoms with E-state index in [-0.39, 0.29) is 11.7 Å². The first kappa shape index (κ1) is 20.5. The summed E-state index contributed by atoms with van der Waals surface area (Å²) in [5.41, 5.74) is 2.33. The molecule has 3 aromatic rings. The van der Waals surface area contributed by atoms with E-state index < -0.39 is 0 Å². The Kier molecular flexibility index (Phi) is 7.35. The number of rotatable bonds is 10. The average Bonchev–Trinajstić information content (AvgIpc) is 3.18. The third-order valence-corrected chi connectivity index (χ3v) is 4.93. The molecule has 7 heteroatoms. The maximum absolute atomic E-state index is 12.0. The molecule has 3 rings (SSSR count). The summed E-state index contributed by atoms with van der Waals surface area (Å²) in [6.45, 7) is 2.44. The second-order valence-electron chi connectivity index (χ2n) is 6.44. The number of benzene rings is 2. The molecule has 2 aromatic carbocycles. The van der Waals surface area contributed by atoms with Gasteiger partial charge in [-0.2, -0.15) is 0 Å². The van der Waals surface area contributed by atoms with E-state index in [1.807, 2.05) is 47.8 Å². The van der Waals surface area contributed by atoms with Crippen molar-refractivity contribution in [1.82, 2.24) is 10.3 Å². The van der Waals surface area contributed by atoms with Crippen LogP contribution in [0.25, 0.3) is 0 Å². The van der Waals surface area contributed by atoms with Gasteiger partial charge in [-0.3, -0.25) is 9.59 Å². The fraction of sp³-hybridized carbons (Fsp3) is 0.227. The topological polar surface area (TPSA) is 80.3 Å². The first-order valence-corrected chi connectivity index (χ1v) is 10.2. The Bertz CT molecular complexity index is 939. The number of nitrogens with one attached hydrogen (secondary N) is 2. The Morgan fingerprint density at radius 2 is 1.83 bits per heavy atom. The minimum atomic E-state index is -0.0241. The zero-order valence-corrected chi connectivity index (χ0v) is 17.0. The molecule has 2 N–H and O–H groups in total. The van der Waals surface area contributed by atoms with Crippen LogP contribution in [0.15, 0.2) is 60.0 Å². The van der Waals surface area contributed by atoms with Crippen LogP contribution in [0.4, 0.5) is 10.8 Å². The number of thiazole rings is 1. The van der Waals surface area contributed by atoms with E-state index >= 15 is 0 Å². The number of hydrogen-bond donors (Lipinski definition) is 2. The van der Waals surface area contributed by atoms with Crippen molar-refractivity contribution in [3.8, 4) is 5.75 Å². The molecular formula is C22H23N3O3S. The van der Waals surface area contributed by atoms with Crippen LogP contribution in [-0.2, 0) is 11.3 Å². The monoisotopic (exact) mass is 409 g/mol. The molecule has 29 heavy (non-hydrogen) atoms. The van der Waals surface area contributed by atoms with Crippen molar-refractivity contribution in [1.29, 1.82) is 0 Å². The molecule has 0 atom stereocenters. The molecule has 0 aliphatic carbocycles. The highest BCUT2D eigenvalue weighted by atomic mass is 32.1. The van der Waals surface area contributed by atoms with E-state index in [2.05, 4.69) is 15.6 Å². The summed E-state index contributed by atoms with van der Waals surface area (Å²) < 4.78 is 5.58. The van der Waals surface area contributed by atoms with Crippen LogP contribution in [-0.4, -0.2) is 23.3 Å². The molecule has 0 radical (unpaired) electrons. The minimum absolute atomic E-state index is 0.0241. The van der Waals surface area contributed by atoms with Gasteiger partial charge in [-0.05, 0) is 49.7 Å². The summed E-state index contributed by atoms with van der Waals surface area (Å²) in [7, 11) is 0. The van der Waals surface area contributed by atoms with E-state index in [4.69, 9.17) is 4.74 Å². The molecule has 1 heterocycles. The zero-order valence-electron chi connectivity index (χ0n) is 16.2. The fourth-order valence-electron chi connectivity index (χ4n) is 2.57. The summed E-state index contributed by atoms with van der Waals surface area (Å²) in [6.07, 6.45) is 1.06. The van der Waals surface area contributed by atoms with Crippen LogP contribution < -0.4 is 15.4 Å². The summed E-state index contributed by atoms with van der Waals surface area (Å²) in [6, 6.07) is 16.8. The van der Waals surface area contributed by atoms with E-state index in [0.29, 0.717) is 31.6 Å². The fourth-order valence-corrected chi connectivity index (χ4v) is 3.30. The lowest BCUT2D eigenvalue weighted by molar-refractivity contribution is -0.121. The first-order chi connectivity index (χ1) is 14.1. The number of hydrogen-bond acceptors (Lipinski definition) is 6. The second kappa shape index (κ2) is 10.4. The Balaban J connectivity index is 1.37. The standard InChI is InChI=1S/C22H23N3O3S/c1-16(26)17-9-11-18(12-10-17)24-22-25-19(15-29-22)14-23-21(27)8-5-13-28-20-6-3-2-4-7-20/h2-4,6-7,9-12,15H,5,8,13-14H2,1H3,(H,23,27)(H,24,25). The Morgan fingerprint density at radius 3 is 2.55 bits per heavy atom. The highest BCUT2D eigenvalue weighted by molar-refractivity contribution is 7.13. The van der Waals surface area contributed by atoms with E-state index in [0.717, 1.165) is 22.3 Å². The number of amides is 1. The zero-order chi connectivity index (χ0) is 20.5. The van der Waals surface area contributed by atoms with Gasteiger partial charge in [-0.15, -0.1) is 11.3 Å². The number of carbonyl (C=O) groups is 2. The summed E-state index contributed by atoms with van der Waals surface area (Å²) in [5, 5.41) is 8.73. The Hall–Kier alpha value is -3.19. The summed E-state index contributed by atoms with van der Waals surface area (Å²) >= 11 is 1.47. The SMILES string of the molecule is CC(=O)c1ccc(Nc2nc(CNC(=O)CCCOc3ccccc3)cs2)cc1. The van der Waals surface area contributed by atoms with Crippen molar-refractivity contribution < 1.29 is 14.3 Å². The van der Waals surface area contributed by atoms with Gasteiger partial charge in [0.15, 0.2) is 10.9 Å². The van der Waals surface area contributed by atoms with Gasteiger partial charge >= 0.3 is 0 Å². The highest BCUT2D eigenvalue weighted by Crippen LogP contribution is 2.21. The van der Waals surface area contributed by atoms with E-state index in [1.165, 1.54) is 11.3 Å². The van der Waals surface area contributed by atoms with Crippen molar-refractivity contribution in [2.24, 2.45) is 0 Å². The lowest BCUT2D eigenvalue weighted by Gasteiger charge is -2.06. The lowest BCUT2D eigenvalue weighted by atomic mass is 10.1. The molecule has 0 saturated carbocycles. The van der Waals surface area contributed by atoms with Crippen molar-refractivity contribution in [3.63, 3.8) is 0 Å². The second-order valence-corrected chi connectivity index (χ2v) is 7.30. The molecular weight excluding hydrogens is 386 g/mol. The number of Topliss-reactive ketones (excluding diaryl/α,β-unsaturated/α-hetero) is 1. The van der Waals surface area contributed by atoms with Gasteiger partial charge in [0.25, 0.3) is 0 Å². The molecule has 1 amide bonds. The molecule has 0 spiro atoms. The lowest BCUT2D eigenvalue weighted by Crippen LogP contribution is -2.23. The van der Waals surface area contributed by atoms with Crippen molar-refractivity contribution in [3.05, 3.63) is 71.2 Å². The van der Waals surface area contributed by atoms with Gasteiger partial charge in [-0.25, -0.2) is 4.98 Å². The summed E-state index contributed by atoms with van der Waals surface area (Å²) in [5.74, 6) is 0.825. The number of para-hydroxylation sites is 1. The van der Waals surface area contributed by atoms with Crippen LogP contribution in [0, 0.1) is 0 Å².